The molecule has 0 unspecified atom stereocenters. The molecule has 0 saturated carbocycles. The van der Waals surface area contributed by atoms with E-state index in [0.29, 0.717) is 39.0 Å². The zero-order chi connectivity index (χ0) is 27.0. The number of rotatable bonds is 4. The first-order valence-electron chi connectivity index (χ1n) is 11.9. The Balaban J connectivity index is 1.77. The molecule has 2 aliphatic heterocycles. The van der Waals surface area contributed by atoms with Crippen LogP contribution < -0.4 is 10.6 Å². The monoisotopic (exact) mass is 567 g/mol. The predicted octanol–water partition coefficient (Wildman–Crippen LogP) is 5.93. The lowest BCUT2D eigenvalue weighted by Gasteiger charge is -2.46. The lowest BCUT2D eigenvalue weighted by molar-refractivity contribution is -0.131. The summed E-state index contributed by atoms with van der Waals surface area (Å²) in [6.07, 6.45) is 1.99. The van der Waals surface area contributed by atoms with Gasteiger partial charge in [-0.05, 0) is 72.5 Å². The van der Waals surface area contributed by atoms with E-state index in [4.69, 9.17) is 23.2 Å². The summed E-state index contributed by atoms with van der Waals surface area (Å²) in [6.45, 7) is 0.479. The molecule has 2 heterocycles. The molecule has 0 radical (unpaired) electrons. The van der Waals surface area contributed by atoms with Gasteiger partial charge in [0.2, 0.25) is 11.8 Å². The van der Waals surface area contributed by atoms with Gasteiger partial charge in [0.25, 0.3) is 0 Å². The minimum Gasteiger partial charge on any atom is -0.348 e. The van der Waals surface area contributed by atoms with Crippen LogP contribution in [0.25, 0.3) is 0 Å². The molecular weight excluding hydrogens is 544 g/mol. The maximum atomic E-state index is 14.8. The van der Waals surface area contributed by atoms with Crippen molar-refractivity contribution in [2.45, 2.75) is 23.8 Å². The van der Waals surface area contributed by atoms with Crippen LogP contribution in [0, 0.1) is 17.7 Å². The van der Waals surface area contributed by atoms with Gasteiger partial charge in [0.15, 0.2) is 0 Å². The highest BCUT2D eigenvalue weighted by molar-refractivity contribution is 7.96. The molecule has 2 N–H and O–H groups in total. The normalized spacial score (nSPS) is 22.1. The maximum Gasteiger partial charge on any atom is 0.238 e. The number of anilines is 1. The van der Waals surface area contributed by atoms with E-state index in [-0.39, 0.29) is 18.2 Å². The molecule has 2 aliphatic rings. The highest BCUT2D eigenvalue weighted by Crippen LogP contribution is 2.58. The van der Waals surface area contributed by atoms with Gasteiger partial charge >= 0.3 is 0 Å². The van der Waals surface area contributed by atoms with Crippen molar-refractivity contribution >= 4 is 52.7 Å². The Morgan fingerprint density at radius 1 is 1.11 bits per heavy atom. The number of carbonyl (C=O) groups excluding carboxylic acids is 2. The van der Waals surface area contributed by atoms with Crippen LogP contribution in [-0.2, 0) is 15.0 Å². The fraction of sp³-hybridized carbons (Fsp3) is 0.241. The Morgan fingerprint density at radius 3 is 2.66 bits per heavy atom. The van der Waals surface area contributed by atoms with Gasteiger partial charge in [0.1, 0.15) is 11.2 Å². The van der Waals surface area contributed by atoms with Crippen LogP contribution in [-0.4, -0.2) is 36.0 Å². The third kappa shape index (κ3) is 4.67. The molecule has 1 saturated heterocycles. The maximum absolute atomic E-state index is 14.8. The summed E-state index contributed by atoms with van der Waals surface area (Å²) in [5.41, 5.74) is 1.63. The number of piperidine rings is 1. The van der Waals surface area contributed by atoms with E-state index >= 15 is 0 Å². The van der Waals surface area contributed by atoms with E-state index in [1.54, 1.807) is 54.4 Å². The number of nitrogens with zero attached hydrogens (tertiary/aromatic N) is 1. The number of hydrogen-bond acceptors (Lipinski definition) is 4. The quantitative estimate of drug-likeness (QED) is 0.303. The van der Waals surface area contributed by atoms with Gasteiger partial charge in [-0.15, -0.1) is 0 Å². The third-order valence-electron chi connectivity index (χ3n) is 7.16. The van der Waals surface area contributed by atoms with Crippen molar-refractivity contribution in [2.24, 2.45) is 0 Å². The van der Waals surface area contributed by atoms with E-state index in [2.05, 4.69) is 22.5 Å². The molecule has 1 fully saturated rings. The van der Waals surface area contributed by atoms with Crippen LogP contribution in [0.5, 0.6) is 0 Å². The molecule has 3 atom stereocenters. The number of nitrogens with one attached hydrogen (secondary N) is 2. The van der Waals surface area contributed by atoms with Crippen molar-refractivity contribution in [1.29, 1.82) is 0 Å². The van der Waals surface area contributed by atoms with Crippen molar-refractivity contribution in [1.82, 2.24) is 9.62 Å². The molecular formula is C29H24Cl2FN3O2S. The first-order chi connectivity index (χ1) is 18.2. The molecule has 5 nitrogen and oxygen atoms in total. The lowest BCUT2D eigenvalue weighted by Crippen LogP contribution is -2.57. The number of fused-ring (bicyclic) bond motifs is 2. The van der Waals surface area contributed by atoms with E-state index in [1.165, 1.54) is 12.1 Å². The molecule has 5 rings (SSSR count). The second-order valence-corrected chi connectivity index (χ2v) is 11.2. The number of hydrogen-bond donors (Lipinski definition) is 2. The lowest BCUT2D eigenvalue weighted by atomic mass is 9.59. The smallest absolute Gasteiger partial charge is 0.238 e. The van der Waals surface area contributed by atoms with Crippen molar-refractivity contribution in [3.05, 3.63) is 98.8 Å². The van der Waals surface area contributed by atoms with Crippen molar-refractivity contribution in [3.8, 4) is 11.8 Å². The van der Waals surface area contributed by atoms with Gasteiger partial charge in [-0.3, -0.25) is 9.59 Å². The molecule has 9 heteroatoms. The minimum atomic E-state index is -1.31. The molecule has 2 amide bonds. The standard InChI is InChI=1S/C29H24Cl2FN3O2S/c1-35(38-2)12-4-6-17-8-10-21(32)15-22(17)27-29(23-11-9-20(31)14-25(23)33-28(29)37)24(16-26(36)34-27)18-5-3-7-19(30)13-18/h3,5,7-11,13-15,24,27H,12,16H2,1-2H3,(H,33,37)(H,34,36)/t24-,27+,29-/m0/s1. The molecule has 0 bridgehead atoms. The Hall–Kier alpha value is -3.02. The summed E-state index contributed by atoms with van der Waals surface area (Å²) in [5, 5.41) is 6.97. The van der Waals surface area contributed by atoms with Gasteiger partial charge in [-0.1, -0.05) is 65.2 Å². The molecule has 0 aliphatic carbocycles. The van der Waals surface area contributed by atoms with Crippen molar-refractivity contribution < 1.29 is 14.0 Å². The van der Waals surface area contributed by atoms with Gasteiger partial charge in [-0.25, -0.2) is 8.70 Å². The molecule has 194 valence electrons. The highest BCUT2D eigenvalue weighted by atomic mass is 35.5. The number of benzene rings is 3. The van der Waals surface area contributed by atoms with Crippen LogP contribution in [0.4, 0.5) is 10.1 Å². The Morgan fingerprint density at radius 2 is 1.89 bits per heavy atom. The molecule has 3 aromatic rings. The first-order valence-corrected chi connectivity index (χ1v) is 13.9. The molecule has 0 aromatic heterocycles. The summed E-state index contributed by atoms with van der Waals surface area (Å²) in [6, 6.07) is 15.8. The van der Waals surface area contributed by atoms with Crippen LogP contribution in [0.1, 0.15) is 40.6 Å². The average molecular weight is 569 g/mol. The second-order valence-electron chi connectivity index (χ2n) is 9.33. The van der Waals surface area contributed by atoms with E-state index in [9.17, 15) is 14.0 Å². The van der Waals surface area contributed by atoms with Gasteiger partial charge < -0.3 is 10.6 Å². The number of amides is 2. The number of halogens is 3. The summed E-state index contributed by atoms with van der Waals surface area (Å²) in [7, 11) is 1.92. The topological polar surface area (TPSA) is 61.4 Å². The molecule has 38 heavy (non-hydrogen) atoms. The summed E-state index contributed by atoms with van der Waals surface area (Å²) in [5.74, 6) is 4.61. The molecule has 3 aromatic carbocycles. The highest BCUT2D eigenvalue weighted by Gasteiger charge is 2.61. The fourth-order valence-electron chi connectivity index (χ4n) is 5.47. The Kier molecular flexibility index (Phi) is 7.43. The SMILES string of the molecule is CSN(C)CC#Cc1ccc(F)cc1[C@H]1NC(=O)C[C@@H](c2cccc(Cl)c2)[C@]12C(=O)Nc1cc(Cl)ccc12. The minimum absolute atomic E-state index is 0.0428. The van der Waals surface area contributed by atoms with Crippen LogP contribution in [0.2, 0.25) is 10.0 Å². The van der Waals surface area contributed by atoms with Crippen molar-refractivity contribution in [2.75, 3.05) is 25.2 Å². The Bertz CT molecular complexity index is 1500. The van der Waals surface area contributed by atoms with Crippen LogP contribution in [0.3, 0.4) is 0 Å². The van der Waals surface area contributed by atoms with E-state index in [0.717, 1.165) is 5.56 Å². The third-order valence-corrected chi connectivity index (χ3v) is 8.39. The summed E-state index contributed by atoms with van der Waals surface area (Å²) < 4.78 is 16.7. The predicted molar refractivity (Wildman–Crippen MR) is 151 cm³/mol. The first kappa shape index (κ1) is 26.6. The molecule has 1 spiro atoms. The van der Waals surface area contributed by atoms with Gasteiger partial charge in [0.05, 0.1) is 12.6 Å². The average Bonchev–Trinajstić information content (AvgIpc) is 3.16. The van der Waals surface area contributed by atoms with Crippen LogP contribution >= 0.6 is 35.1 Å². The van der Waals surface area contributed by atoms with Crippen LogP contribution in [0.15, 0.2) is 60.7 Å². The fourth-order valence-corrected chi connectivity index (χ4v) is 6.03. The Labute approximate surface area is 235 Å². The zero-order valence-electron chi connectivity index (χ0n) is 20.6. The summed E-state index contributed by atoms with van der Waals surface area (Å²) >= 11 is 14.2. The summed E-state index contributed by atoms with van der Waals surface area (Å²) in [4.78, 5) is 27.4. The van der Waals surface area contributed by atoms with Gasteiger partial charge in [0, 0.05) is 33.6 Å². The van der Waals surface area contributed by atoms with Gasteiger partial charge in [-0.2, -0.15) is 0 Å². The van der Waals surface area contributed by atoms with E-state index in [1.807, 2.05) is 23.7 Å². The number of carbonyl (C=O) groups is 2. The van der Waals surface area contributed by atoms with Crippen molar-refractivity contribution in [3.63, 3.8) is 0 Å². The van der Waals surface area contributed by atoms with E-state index < -0.39 is 23.2 Å². The largest absolute Gasteiger partial charge is 0.348 e. The second kappa shape index (κ2) is 10.6. The zero-order valence-corrected chi connectivity index (χ0v) is 23.0.